The highest BCUT2D eigenvalue weighted by molar-refractivity contribution is 4.81. The molecule has 1 rings (SSSR count). The number of hydrogen-bond donors (Lipinski definition) is 0. The van der Waals surface area contributed by atoms with Gasteiger partial charge in [0.05, 0.1) is 11.7 Å². The minimum absolute atomic E-state index is 0.00156. The van der Waals surface area contributed by atoms with E-state index in [0.29, 0.717) is 11.6 Å². The van der Waals surface area contributed by atoms with Crippen molar-refractivity contribution in [2.45, 2.75) is 78.0 Å². The Morgan fingerprint density at radius 3 is 2.06 bits per heavy atom. The number of ether oxygens (including phenoxy) is 1. The molecule has 0 spiro atoms. The first-order valence-corrected chi connectivity index (χ1v) is 6.61. The molecule has 1 heterocycles. The summed E-state index contributed by atoms with van der Waals surface area (Å²) < 4.78 is 6.09. The van der Waals surface area contributed by atoms with Crippen LogP contribution in [0, 0.1) is 0 Å². The third-order valence-electron chi connectivity index (χ3n) is 3.14. The van der Waals surface area contributed by atoms with Crippen LogP contribution in [0.3, 0.4) is 0 Å². The van der Waals surface area contributed by atoms with Crippen LogP contribution in [0.25, 0.3) is 0 Å². The first-order chi connectivity index (χ1) is 7.18. The van der Waals surface area contributed by atoms with Crippen molar-refractivity contribution in [3.63, 3.8) is 0 Å². The summed E-state index contributed by atoms with van der Waals surface area (Å²) in [7, 11) is 0. The Morgan fingerprint density at radius 2 is 1.56 bits per heavy atom. The Kier molecular flexibility index (Phi) is 4.42. The molecule has 2 heteroatoms. The molecule has 1 aliphatic heterocycles. The van der Waals surface area contributed by atoms with Crippen molar-refractivity contribution in [3.05, 3.63) is 0 Å². The van der Waals surface area contributed by atoms with E-state index in [1.54, 1.807) is 0 Å². The average Bonchev–Trinajstić information content (AvgIpc) is 2.25. The molecule has 0 aliphatic carbocycles. The van der Waals surface area contributed by atoms with Crippen LogP contribution in [-0.2, 0) is 4.74 Å². The van der Waals surface area contributed by atoms with Gasteiger partial charge in [0.25, 0.3) is 0 Å². The first-order valence-electron chi connectivity index (χ1n) is 6.61. The highest BCUT2D eigenvalue weighted by Gasteiger charge is 2.27. The van der Waals surface area contributed by atoms with Crippen LogP contribution in [0.2, 0.25) is 0 Å². The third kappa shape index (κ3) is 4.84. The van der Waals surface area contributed by atoms with Crippen molar-refractivity contribution < 1.29 is 4.74 Å². The van der Waals surface area contributed by atoms with Gasteiger partial charge in [-0.3, -0.25) is 4.90 Å². The minimum Gasteiger partial charge on any atom is -0.373 e. The lowest BCUT2D eigenvalue weighted by Gasteiger charge is -2.34. The van der Waals surface area contributed by atoms with Gasteiger partial charge < -0.3 is 4.74 Å². The molecular formula is C14H29NO. The number of likely N-dealkylation sites (tertiary alicyclic amines) is 1. The van der Waals surface area contributed by atoms with Gasteiger partial charge in [0.1, 0.15) is 0 Å². The van der Waals surface area contributed by atoms with Gasteiger partial charge in [-0.15, -0.1) is 0 Å². The Morgan fingerprint density at radius 1 is 0.938 bits per heavy atom. The monoisotopic (exact) mass is 227 g/mol. The van der Waals surface area contributed by atoms with Crippen molar-refractivity contribution in [2.75, 3.05) is 13.1 Å². The molecule has 0 saturated carbocycles. The van der Waals surface area contributed by atoms with Crippen molar-refractivity contribution in [1.82, 2.24) is 4.90 Å². The maximum Gasteiger partial charge on any atom is 0.0602 e. The summed E-state index contributed by atoms with van der Waals surface area (Å²) in [5.74, 6) is 0. The lowest BCUT2D eigenvalue weighted by Crippen LogP contribution is -2.42. The molecule has 96 valence electrons. The van der Waals surface area contributed by atoms with Gasteiger partial charge in [-0.25, -0.2) is 0 Å². The molecular weight excluding hydrogens is 198 g/mol. The molecule has 0 radical (unpaired) electrons. The van der Waals surface area contributed by atoms with Crippen LogP contribution in [0.1, 0.15) is 60.8 Å². The van der Waals surface area contributed by atoms with E-state index in [0.717, 1.165) is 0 Å². The molecule has 0 aromatic rings. The molecule has 1 unspecified atom stereocenters. The van der Waals surface area contributed by atoms with Crippen molar-refractivity contribution in [1.29, 1.82) is 0 Å². The van der Waals surface area contributed by atoms with E-state index in [9.17, 15) is 0 Å². The Balaban J connectivity index is 2.47. The molecule has 1 saturated heterocycles. The third-order valence-corrected chi connectivity index (χ3v) is 3.14. The zero-order valence-electron chi connectivity index (χ0n) is 12.0. The van der Waals surface area contributed by atoms with E-state index in [1.165, 1.54) is 32.4 Å². The van der Waals surface area contributed by atoms with Crippen LogP contribution in [0.4, 0.5) is 0 Å². The van der Waals surface area contributed by atoms with Gasteiger partial charge in [0.2, 0.25) is 0 Å². The summed E-state index contributed by atoms with van der Waals surface area (Å²) in [6, 6.07) is 0. The van der Waals surface area contributed by atoms with E-state index in [1.807, 2.05) is 0 Å². The summed E-state index contributed by atoms with van der Waals surface area (Å²) in [4.78, 5) is 2.58. The van der Waals surface area contributed by atoms with Gasteiger partial charge in [0.15, 0.2) is 0 Å². The second-order valence-corrected chi connectivity index (χ2v) is 6.94. The molecule has 0 aromatic heterocycles. The highest BCUT2D eigenvalue weighted by atomic mass is 16.5. The largest absolute Gasteiger partial charge is 0.373 e. The van der Waals surface area contributed by atoms with Crippen LogP contribution >= 0.6 is 0 Å². The van der Waals surface area contributed by atoms with E-state index < -0.39 is 0 Å². The average molecular weight is 227 g/mol. The predicted octanol–water partition coefficient (Wildman–Crippen LogP) is 3.45. The molecule has 0 amide bonds. The second kappa shape index (κ2) is 5.05. The Hall–Kier alpha value is -0.0800. The van der Waals surface area contributed by atoms with Gasteiger partial charge in [-0.1, -0.05) is 0 Å². The normalized spacial score (nSPS) is 25.5. The molecule has 1 atom stereocenters. The zero-order valence-corrected chi connectivity index (χ0v) is 12.0. The van der Waals surface area contributed by atoms with Crippen LogP contribution in [0.15, 0.2) is 0 Å². The van der Waals surface area contributed by atoms with Crippen LogP contribution in [-0.4, -0.2) is 35.2 Å². The fourth-order valence-corrected chi connectivity index (χ4v) is 2.35. The van der Waals surface area contributed by atoms with Gasteiger partial charge in [-0.2, -0.15) is 0 Å². The number of nitrogens with zero attached hydrogens (tertiary/aromatic N) is 1. The summed E-state index contributed by atoms with van der Waals surface area (Å²) in [5.41, 5.74) is 0.304. The van der Waals surface area contributed by atoms with E-state index in [-0.39, 0.29) is 5.60 Å². The van der Waals surface area contributed by atoms with Crippen LogP contribution < -0.4 is 0 Å². The Labute approximate surface area is 101 Å². The lowest BCUT2D eigenvalue weighted by molar-refractivity contribution is -0.0652. The predicted molar refractivity (Wildman–Crippen MR) is 69.8 cm³/mol. The van der Waals surface area contributed by atoms with Crippen molar-refractivity contribution in [2.24, 2.45) is 0 Å². The van der Waals surface area contributed by atoms with Gasteiger partial charge in [0, 0.05) is 12.1 Å². The summed E-state index contributed by atoms with van der Waals surface area (Å²) in [6.07, 6.45) is 4.10. The van der Waals surface area contributed by atoms with E-state index in [4.69, 9.17) is 4.74 Å². The fraction of sp³-hybridized carbons (Fsp3) is 1.00. The fourth-order valence-electron chi connectivity index (χ4n) is 2.35. The maximum absolute atomic E-state index is 6.09. The maximum atomic E-state index is 6.09. The molecule has 16 heavy (non-hydrogen) atoms. The van der Waals surface area contributed by atoms with E-state index in [2.05, 4.69) is 46.4 Å². The smallest absolute Gasteiger partial charge is 0.0602 e. The van der Waals surface area contributed by atoms with Crippen molar-refractivity contribution in [3.8, 4) is 0 Å². The molecule has 1 fully saturated rings. The van der Waals surface area contributed by atoms with E-state index >= 15 is 0 Å². The van der Waals surface area contributed by atoms with Crippen LogP contribution in [0.5, 0.6) is 0 Å². The van der Waals surface area contributed by atoms with Gasteiger partial charge >= 0.3 is 0 Å². The molecule has 0 aromatic carbocycles. The number of rotatable bonds is 1. The summed E-state index contributed by atoms with van der Waals surface area (Å²) in [6.45, 7) is 15.8. The van der Waals surface area contributed by atoms with Crippen molar-refractivity contribution >= 4 is 0 Å². The standard InChI is InChI=1S/C14H29NO/c1-13(2,3)15-10-7-8-12(9-11-15)16-14(4,5)6/h12H,7-11H2,1-6H3. The number of hydrogen-bond acceptors (Lipinski definition) is 2. The topological polar surface area (TPSA) is 12.5 Å². The molecule has 0 N–H and O–H groups in total. The molecule has 2 nitrogen and oxygen atoms in total. The quantitative estimate of drug-likeness (QED) is 0.680. The summed E-state index contributed by atoms with van der Waals surface area (Å²) in [5, 5.41) is 0. The molecule has 1 aliphatic rings. The lowest BCUT2D eigenvalue weighted by atomic mass is 10.1. The SMILES string of the molecule is CC(C)(C)OC1CCCN(C(C)(C)C)CC1. The Bertz CT molecular complexity index is 212. The summed E-state index contributed by atoms with van der Waals surface area (Å²) >= 11 is 0. The minimum atomic E-state index is 0.00156. The van der Waals surface area contributed by atoms with Gasteiger partial charge in [-0.05, 0) is 67.3 Å². The molecule has 0 bridgehead atoms. The highest BCUT2D eigenvalue weighted by Crippen LogP contribution is 2.24. The zero-order chi connectivity index (χ0) is 12.4. The first kappa shape index (κ1) is 14.0. The second-order valence-electron chi connectivity index (χ2n) is 6.94.